The molecule has 102 valence electrons. The molecule has 1 N–H and O–H groups in total. The van der Waals surface area contributed by atoms with Gasteiger partial charge in [-0.25, -0.2) is 4.98 Å². The van der Waals surface area contributed by atoms with Crippen LogP contribution in [0.2, 0.25) is 0 Å². The van der Waals surface area contributed by atoms with Crippen molar-refractivity contribution in [2.24, 2.45) is 11.8 Å². The fourth-order valence-corrected chi connectivity index (χ4v) is 3.36. The van der Waals surface area contributed by atoms with E-state index in [1.807, 2.05) is 11.3 Å². The summed E-state index contributed by atoms with van der Waals surface area (Å²) in [5.41, 5.74) is 1.27. The molecule has 2 unspecified atom stereocenters. The molecule has 0 radical (unpaired) electrons. The first kappa shape index (κ1) is 13.8. The molecule has 0 bridgehead atoms. The molecule has 3 nitrogen and oxygen atoms in total. The molecule has 1 aromatic heterocycles. The van der Waals surface area contributed by atoms with Gasteiger partial charge in [0, 0.05) is 25.0 Å². The monoisotopic (exact) mass is 267 g/mol. The number of hydrogen-bond donors (Lipinski definition) is 1. The number of anilines is 1. The van der Waals surface area contributed by atoms with E-state index in [1.54, 1.807) is 0 Å². The van der Waals surface area contributed by atoms with Crippen LogP contribution in [-0.4, -0.2) is 25.1 Å². The highest BCUT2D eigenvalue weighted by Gasteiger charge is 2.33. The number of hydrogen-bond acceptors (Lipinski definition) is 4. The maximum Gasteiger partial charge on any atom is 0.185 e. The molecule has 2 rings (SSSR count). The van der Waals surface area contributed by atoms with Gasteiger partial charge in [-0.1, -0.05) is 20.8 Å². The molecule has 0 aromatic carbocycles. The van der Waals surface area contributed by atoms with E-state index in [9.17, 15) is 0 Å². The predicted molar refractivity (Wildman–Crippen MR) is 79.4 cm³/mol. The van der Waals surface area contributed by atoms with Gasteiger partial charge < -0.3 is 10.2 Å². The van der Waals surface area contributed by atoms with Crippen molar-refractivity contribution in [3.63, 3.8) is 0 Å². The Morgan fingerprint density at radius 3 is 2.72 bits per heavy atom. The summed E-state index contributed by atoms with van der Waals surface area (Å²) < 4.78 is 0. The maximum absolute atomic E-state index is 4.79. The molecule has 1 fully saturated rings. The van der Waals surface area contributed by atoms with Gasteiger partial charge in [0.15, 0.2) is 5.13 Å². The topological polar surface area (TPSA) is 28.2 Å². The second kappa shape index (κ2) is 6.02. The van der Waals surface area contributed by atoms with Crippen LogP contribution in [0, 0.1) is 11.8 Å². The van der Waals surface area contributed by atoms with Crippen LogP contribution in [0.3, 0.4) is 0 Å². The van der Waals surface area contributed by atoms with Gasteiger partial charge in [-0.2, -0.15) is 0 Å². The highest BCUT2D eigenvalue weighted by atomic mass is 32.1. The van der Waals surface area contributed by atoms with Crippen LogP contribution < -0.4 is 10.2 Å². The Balaban J connectivity index is 2.00. The second-order valence-corrected chi connectivity index (χ2v) is 6.42. The number of nitrogens with zero attached hydrogens (tertiary/aromatic N) is 2. The Kier molecular flexibility index (Phi) is 4.62. The van der Waals surface area contributed by atoms with Crippen molar-refractivity contribution in [1.29, 1.82) is 0 Å². The minimum absolute atomic E-state index is 0.890. The number of aromatic nitrogens is 1. The third-order valence-corrected chi connectivity index (χ3v) is 4.96. The summed E-state index contributed by atoms with van der Waals surface area (Å²) in [6.45, 7) is 9.83. The first-order valence-corrected chi connectivity index (χ1v) is 7.87. The average Bonchev–Trinajstić information content (AvgIpc) is 2.91. The molecular weight excluding hydrogens is 242 g/mol. The molecule has 1 aliphatic rings. The number of aryl methyl sites for hydroxylation is 1. The van der Waals surface area contributed by atoms with E-state index in [0.29, 0.717) is 0 Å². The van der Waals surface area contributed by atoms with Crippen molar-refractivity contribution in [3.8, 4) is 0 Å². The average molecular weight is 267 g/mol. The normalized spacial score (nSPS) is 22.2. The van der Waals surface area contributed by atoms with E-state index >= 15 is 0 Å². The van der Waals surface area contributed by atoms with E-state index in [2.05, 4.69) is 38.0 Å². The SMILES string of the molecule is CCNCc1sc(N(C)CC2CC2C)nc1CC. The van der Waals surface area contributed by atoms with Crippen LogP contribution in [0.25, 0.3) is 0 Å². The molecular formula is C14H25N3S. The van der Waals surface area contributed by atoms with Crippen LogP contribution in [0.1, 0.15) is 37.8 Å². The minimum Gasteiger partial charge on any atom is -0.351 e. The largest absolute Gasteiger partial charge is 0.351 e. The smallest absolute Gasteiger partial charge is 0.185 e. The van der Waals surface area contributed by atoms with Gasteiger partial charge in [-0.3, -0.25) is 0 Å². The van der Waals surface area contributed by atoms with E-state index in [-0.39, 0.29) is 0 Å². The molecule has 1 aliphatic carbocycles. The summed E-state index contributed by atoms with van der Waals surface area (Å²) in [6, 6.07) is 0. The lowest BCUT2D eigenvalue weighted by Crippen LogP contribution is -2.20. The Morgan fingerprint density at radius 2 is 2.17 bits per heavy atom. The van der Waals surface area contributed by atoms with Gasteiger partial charge >= 0.3 is 0 Å². The highest BCUT2D eigenvalue weighted by molar-refractivity contribution is 7.15. The molecule has 0 aliphatic heterocycles. The van der Waals surface area contributed by atoms with E-state index in [4.69, 9.17) is 4.98 Å². The molecule has 1 saturated carbocycles. The van der Waals surface area contributed by atoms with Gasteiger partial charge in [0.25, 0.3) is 0 Å². The first-order valence-electron chi connectivity index (χ1n) is 7.06. The van der Waals surface area contributed by atoms with Crippen molar-refractivity contribution in [2.45, 2.75) is 40.2 Å². The van der Waals surface area contributed by atoms with Crippen molar-refractivity contribution in [2.75, 3.05) is 25.0 Å². The fraction of sp³-hybridized carbons (Fsp3) is 0.786. The minimum atomic E-state index is 0.890. The zero-order valence-electron chi connectivity index (χ0n) is 12.0. The highest BCUT2D eigenvalue weighted by Crippen LogP contribution is 2.39. The van der Waals surface area contributed by atoms with Crippen molar-refractivity contribution in [3.05, 3.63) is 10.6 Å². The number of thiazole rings is 1. The molecule has 18 heavy (non-hydrogen) atoms. The summed E-state index contributed by atoms with van der Waals surface area (Å²) in [7, 11) is 2.18. The van der Waals surface area contributed by atoms with E-state index in [1.165, 1.54) is 28.7 Å². The zero-order valence-corrected chi connectivity index (χ0v) is 12.8. The third kappa shape index (κ3) is 3.23. The molecule has 0 spiro atoms. The standard InChI is InChI=1S/C14H25N3S/c1-5-12-13(8-15-6-2)18-14(16-12)17(4)9-11-7-10(11)3/h10-11,15H,5-9H2,1-4H3. The van der Waals surface area contributed by atoms with Gasteiger partial charge in [0.2, 0.25) is 0 Å². The van der Waals surface area contributed by atoms with Crippen LogP contribution >= 0.6 is 11.3 Å². The Hall–Kier alpha value is -0.610. The third-order valence-electron chi connectivity index (χ3n) is 3.75. The molecule has 1 heterocycles. The number of rotatable bonds is 7. The quantitative estimate of drug-likeness (QED) is 0.823. The Labute approximate surface area is 115 Å². The molecule has 2 atom stereocenters. The van der Waals surface area contributed by atoms with E-state index < -0.39 is 0 Å². The molecule has 0 saturated heterocycles. The Morgan fingerprint density at radius 1 is 1.44 bits per heavy atom. The summed E-state index contributed by atoms with van der Waals surface area (Å²) >= 11 is 1.86. The summed E-state index contributed by atoms with van der Waals surface area (Å²) in [5.74, 6) is 1.81. The molecule has 0 amide bonds. The Bertz CT molecular complexity index is 388. The first-order chi connectivity index (χ1) is 8.65. The number of nitrogens with one attached hydrogen (secondary N) is 1. The van der Waals surface area contributed by atoms with Crippen LogP contribution in [0.4, 0.5) is 5.13 Å². The lowest BCUT2D eigenvalue weighted by Gasteiger charge is -2.15. The second-order valence-electron chi connectivity index (χ2n) is 5.35. The van der Waals surface area contributed by atoms with Crippen LogP contribution in [0.15, 0.2) is 0 Å². The van der Waals surface area contributed by atoms with Crippen molar-refractivity contribution < 1.29 is 0 Å². The lowest BCUT2D eigenvalue weighted by molar-refractivity contribution is 0.720. The maximum atomic E-state index is 4.79. The van der Waals surface area contributed by atoms with Crippen molar-refractivity contribution in [1.82, 2.24) is 10.3 Å². The van der Waals surface area contributed by atoms with Crippen molar-refractivity contribution >= 4 is 16.5 Å². The van der Waals surface area contributed by atoms with Gasteiger partial charge in [-0.05, 0) is 31.2 Å². The fourth-order valence-electron chi connectivity index (χ4n) is 2.27. The van der Waals surface area contributed by atoms with Crippen LogP contribution in [0.5, 0.6) is 0 Å². The van der Waals surface area contributed by atoms with Crippen LogP contribution in [-0.2, 0) is 13.0 Å². The summed E-state index contributed by atoms with van der Waals surface area (Å²) in [6.07, 6.45) is 2.42. The lowest BCUT2D eigenvalue weighted by atomic mass is 10.3. The predicted octanol–water partition coefficient (Wildman–Crippen LogP) is 2.91. The molecule has 1 aromatic rings. The van der Waals surface area contributed by atoms with Gasteiger partial charge in [-0.15, -0.1) is 11.3 Å². The molecule has 4 heteroatoms. The van der Waals surface area contributed by atoms with Gasteiger partial charge in [0.1, 0.15) is 0 Å². The zero-order chi connectivity index (χ0) is 13.1. The summed E-state index contributed by atoms with van der Waals surface area (Å²) in [5, 5.41) is 4.60. The van der Waals surface area contributed by atoms with Gasteiger partial charge in [0.05, 0.1) is 5.69 Å². The van der Waals surface area contributed by atoms with E-state index in [0.717, 1.165) is 31.3 Å². The summed E-state index contributed by atoms with van der Waals surface area (Å²) in [4.78, 5) is 8.54.